The van der Waals surface area contributed by atoms with Crippen molar-refractivity contribution < 1.29 is 9.47 Å². The number of thiocarbonyl (C=S) groups is 1. The third-order valence-corrected chi connectivity index (χ3v) is 2.44. The minimum Gasteiger partial charge on any atom is -0.493 e. The predicted octanol–water partition coefficient (Wildman–Crippen LogP) is 1.91. The van der Waals surface area contributed by atoms with Crippen LogP contribution in [-0.2, 0) is 0 Å². The van der Waals surface area contributed by atoms with Crippen molar-refractivity contribution in [2.24, 2.45) is 5.10 Å². The standard InChI is InChI=1S/C13H19N3O2S/c1-4-14-13(19)16-15-9-10-6-7-11(17-3)12(8-10)18-5-2/h6-9H,4-5H2,1-3H3,(H2,14,16,19)/b15-9-. The number of hydrogen-bond donors (Lipinski definition) is 2. The fourth-order valence-corrected chi connectivity index (χ4v) is 1.60. The molecule has 0 amide bonds. The van der Waals surface area contributed by atoms with Crippen molar-refractivity contribution in [1.82, 2.24) is 10.7 Å². The van der Waals surface area contributed by atoms with Gasteiger partial charge < -0.3 is 14.8 Å². The van der Waals surface area contributed by atoms with Gasteiger partial charge in [0.25, 0.3) is 0 Å². The van der Waals surface area contributed by atoms with Gasteiger partial charge in [0.15, 0.2) is 16.6 Å². The van der Waals surface area contributed by atoms with Crippen LogP contribution in [0.5, 0.6) is 11.5 Å². The van der Waals surface area contributed by atoms with E-state index in [1.165, 1.54) is 0 Å². The molecule has 0 atom stereocenters. The molecule has 0 aliphatic rings. The van der Waals surface area contributed by atoms with Crippen LogP contribution in [-0.4, -0.2) is 31.6 Å². The Bertz CT molecular complexity index is 450. The van der Waals surface area contributed by atoms with E-state index in [0.717, 1.165) is 12.1 Å². The summed E-state index contributed by atoms with van der Waals surface area (Å²) >= 11 is 4.99. The maximum Gasteiger partial charge on any atom is 0.186 e. The van der Waals surface area contributed by atoms with Crippen LogP contribution in [0, 0.1) is 0 Å². The zero-order valence-electron chi connectivity index (χ0n) is 11.4. The van der Waals surface area contributed by atoms with E-state index < -0.39 is 0 Å². The van der Waals surface area contributed by atoms with E-state index in [9.17, 15) is 0 Å². The quantitative estimate of drug-likeness (QED) is 0.474. The number of nitrogens with zero attached hydrogens (tertiary/aromatic N) is 1. The van der Waals surface area contributed by atoms with Gasteiger partial charge in [0.1, 0.15) is 0 Å². The molecule has 0 saturated heterocycles. The van der Waals surface area contributed by atoms with Gasteiger partial charge in [0.05, 0.1) is 19.9 Å². The fraction of sp³-hybridized carbons (Fsp3) is 0.385. The minimum atomic E-state index is 0.497. The highest BCUT2D eigenvalue weighted by atomic mass is 32.1. The molecule has 19 heavy (non-hydrogen) atoms. The molecule has 0 aromatic heterocycles. The molecule has 2 N–H and O–H groups in total. The number of methoxy groups -OCH3 is 1. The Kier molecular flexibility index (Phi) is 6.67. The molecule has 0 radical (unpaired) electrons. The van der Waals surface area contributed by atoms with E-state index in [0.29, 0.717) is 23.2 Å². The molecule has 0 fully saturated rings. The average Bonchev–Trinajstić information content (AvgIpc) is 2.40. The number of ether oxygens (including phenoxy) is 2. The first-order valence-corrected chi connectivity index (χ1v) is 6.49. The Morgan fingerprint density at radius 3 is 2.79 bits per heavy atom. The van der Waals surface area contributed by atoms with Crippen molar-refractivity contribution in [1.29, 1.82) is 0 Å². The third-order valence-electron chi connectivity index (χ3n) is 2.20. The van der Waals surface area contributed by atoms with E-state index in [-0.39, 0.29) is 0 Å². The first-order valence-electron chi connectivity index (χ1n) is 6.09. The summed E-state index contributed by atoms with van der Waals surface area (Å²) in [5.41, 5.74) is 3.63. The van der Waals surface area contributed by atoms with Crippen molar-refractivity contribution in [3.05, 3.63) is 23.8 Å². The van der Waals surface area contributed by atoms with Crippen LogP contribution in [0.3, 0.4) is 0 Å². The molecule has 1 aromatic carbocycles. The molecule has 0 unspecified atom stereocenters. The fourth-order valence-electron chi connectivity index (χ4n) is 1.41. The van der Waals surface area contributed by atoms with Gasteiger partial charge in [-0.1, -0.05) is 0 Å². The molecule has 0 spiro atoms. The third kappa shape index (κ3) is 5.13. The van der Waals surface area contributed by atoms with Gasteiger partial charge in [-0.15, -0.1) is 0 Å². The molecular weight excluding hydrogens is 262 g/mol. The van der Waals surface area contributed by atoms with E-state index in [2.05, 4.69) is 15.8 Å². The van der Waals surface area contributed by atoms with Crippen LogP contribution in [0.2, 0.25) is 0 Å². The van der Waals surface area contributed by atoms with Gasteiger partial charge in [-0.2, -0.15) is 5.10 Å². The lowest BCUT2D eigenvalue weighted by atomic mass is 10.2. The molecule has 104 valence electrons. The molecule has 0 heterocycles. The first-order chi connectivity index (χ1) is 9.21. The van der Waals surface area contributed by atoms with Crippen LogP contribution in [0.15, 0.2) is 23.3 Å². The average molecular weight is 281 g/mol. The smallest absolute Gasteiger partial charge is 0.186 e. The van der Waals surface area contributed by atoms with Gasteiger partial charge in [-0.25, -0.2) is 0 Å². The summed E-state index contributed by atoms with van der Waals surface area (Å²) in [4.78, 5) is 0. The lowest BCUT2D eigenvalue weighted by Gasteiger charge is -2.09. The highest BCUT2D eigenvalue weighted by Gasteiger charge is 2.03. The number of benzene rings is 1. The first kappa shape index (κ1) is 15.2. The summed E-state index contributed by atoms with van der Waals surface area (Å²) < 4.78 is 10.7. The van der Waals surface area contributed by atoms with Crippen LogP contribution < -0.4 is 20.2 Å². The summed E-state index contributed by atoms with van der Waals surface area (Å²) in [6.07, 6.45) is 1.67. The second-order valence-electron chi connectivity index (χ2n) is 3.57. The van der Waals surface area contributed by atoms with E-state index in [1.54, 1.807) is 13.3 Å². The van der Waals surface area contributed by atoms with Crippen LogP contribution >= 0.6 is 12.2 Å². The number of nitrogens with one attached hydrogen (secondary N) is 2. The molecular formula is C13H19N3O2S. The number of hydrazone groups is 1. The largest absolute Gasteiger partial charge is 0.493 e. The number of rotatable bonds is 6. The molecule has 0 saturated carbocycles. The van der Waals surface area contributed by atoms with Crippen molar-refractivity contribution in [3.63, 3.8) is 0 Å². The lowest BCUT2D eigenvalue weighted by molar-refractivity contribution is 0.311. The molecule has 0 bridgehead atoms. The van der Waals surface area contributed by atoms with Crippen LogP contribution in [0.1, 0.15) is 19.4 Å². The van der Waals surface area contributed by atoms with Gasteiger partial charge in [-0.05, 0) is 49.8 Å². The van der Waals surface area contributed by atoms with Crippen LogP contribution in [0.25, 0.3) is 0 Å². The van der Waals surface area contributed by atoms with Gasteiger partial charge in [0.2, 0.25) is 0 Å². The van der Waals surface area contributed by atoms with Crippen molar-refractivity contribution >= 4 is 23.5 Å². The van der Waals surface area contributed by atoms with Gasteiger partial charge >= 0.3 is 0 Å². The zero-order chi connectivity index (χ0) is 14.1. The van der Waals surface area contributed by atoms with E-state index in [1.807, 2.05) is 32.0 Å². The van der Waals surface area contributed by atoms with Gasteiger partial charge in [0, 0.05) is 6.54 Å². The Labute approximate surface area is 119 Å². The molecule has 1 aromatic rings. The lowest BCUT2D eigenvalue weighted by Crippen LogP contribution is -2.31. The number of hydrogen-bond acceptors (Lipinski definition) is 4. The monoisotopic (exact) mass is 281 g/mol. The maximum absolute atomic E-state index is 5.49. The van der Waals surface area contributed by atoms with Crippen LogP contribution in [0.4, 0.5) is 0 Å². The predicted molar refractivity (Wildman–Crippen MR) is 81.2 cm³/mol. The molecule has 5 nitrogen and oxygen atoms in total. The van der Waals surface area contributed by atoms with Crippen molar-refractivity contribution in [2.45, 2.75) is 13.8 Å². The molecule has 0 aliphatic heterocycles. The molecule has 0 aliphatic carbocycles. The summed E-state index contributed by atoms with van der Waals surface area (Å²) in [5.74, 6) is 1.40. The van der Waals surface area contributed by atoms with Crippen molar-refractivity contribution in [3.8, 4) is 11.5 Å². The Morgan fingerprint density at radius 1 is 1.37 bits per heavy atom. The Balaban J connectivity index is 2.70. The summed E-state index contributed by atoms with van der Waals surface area (Å²) in [6, 6.07) is 5.60. The molecule has 1 rings (SSSR count). The normalized spacial score (nSPS) is 10.3. The zero-order valence-corrected chi connectivity index (χ0v) is 12.2. The second-order valence-corrected chi connectivity index (χ2v) is 3.98. The topological polar surface area (TPSA) is 54.9 Å². The SMILES string of the molecule is CCNC(=S)N/N=C\c1ccc(OC)c(OCC)c1. The molecule has 6 heteroatoms. The Hall–Kier alpha value is -1.82. The highest BCUT2D eigenvalue weighted by Crippen LogP contribution is 2.27. The minimum absolute atomic E-state index is 0.497. The van der Waals surface area contributed by atoms with E-state index in [4.69, 9.17) is 21.7 Å². The summed E-state index contributed by atoms with van der Waals surface area (Å²) in [6.45, 7) is 5.24. The van der Waals surface area contributed by atoms with E-state index >= 15 is 0 Å². The highest BCUT2D eigenvalue weighted by molar-refractivity contribution is 7.80. The Morgan fingerprint density at radius 2 is 2.16 bits per heavy atom. The maximum atomic E-state index is 5.49. The van der Waals surface area contributed by atoms with Crippen molar-refractivity contribution in [2.75, 3.05) is 20.3 Å². The van der Waals surface area contributed by atoms with Gasteiger partial charge in [-0.3, -0.25) is 5.43 Å². The summed E-state index contributed by atoms with van der Waals surface area (Å²) in [7, 11) is 1.61. The second kappa shape index (κ2) is 8.31. The summed E-state index contributed by atoms with van der Waals surface area (Å²) in [5, 5.41) is 7.48.